The summed E-state index contributed by atoms with van der Waals surface area (Å²) >= 11 is 0. The van der Waals surface area contributed by atoms with Crippen LogP contribution in [0, 0.1) is 11.3 Å². The van der Waals surface area contributed by atoms with Gasteiger partial charge in [-0.15, -0.1) is 0 Å². The lowest BCUT2D eigenvalue weighted by molar-refractivity contribution is -0.147. The lowest BCUT2D eigenvalue weighted by Gasteiger charge is -2.10. The van der Waals surface area contributed by atoms with E-state index in [1.54, 1.807) is 24.3 Å². The molecule has 0 bridgehead atoms. The van der Waals surface area contributed by atoms with E-state index in [1.807, 2.05) is 37.3 Å². The van der Waals surface area contributed by atoms with Crippen LogP contribution in [-0.2, 0) is 20.7 Å². The maximum absolute atomic E-state index is 11.8. The molecule has 134 valence electrons. The lowest BCUT2D eigenvalue weighted by Crippen LogP contribution is -2.21. The molecule has 0 aliphatic heterocycles. The van der Waals surface area contributed by atoms with E-state index in [0.29, 0.717) is 24.3 Å². The van der Waals surface area contributed by atoms with Crippen molar-refractivity contribution in [1.29, 1.82) is 5.26 Å². The van der Waals surface area contributed by atoms with Crippen molar-refractivity contribution in [3.63, 3.8) is 0 Å². The van der Waals surface area contributed by atoms with Gasteiger partial charge in [-0.05, 0) is 49.2 Å². The molecule has 26 heavy (non-hydrogen) atoms. The van der Waals surface area contributed by atoms with Gasteiger partial charge in [-0.3, -0.25) is 9.59 Å². The van der Waals surface area contributed by atoms with Gasteiger partial charge in [0.2, 0.25) is 0 Å². The van der Waals surface area contributed by atoms with Gasteiger partial charge in [0, 0.05) is 12.1 Å². The van der Waals surface area contributed by atoms with Crippen LogP contribution < -0.4 is 10.1 Å². The van der Waals surface area contributed by atoms with Gasteiger partial charge in [0.05, 0.1) is 18.2 Å². The summed E-state index contributed by atoms with van der Waals surface area (Å²) < 4.78 is 10.5. The van der Waals surface area contributed by atoms with Crippen LogP contribution in [0.25, 0.3) is 0 Å². The zero-order valence-corrected chi connectivity index (χ0v) is 14.5. The standard InChI is InChI=1S/C20H20N2O4/c1-2-25-18-6-4-3-5-16(18)9-12-20(24)26-14-19(23)22-17-10-7-15(13-21)8-11-17/h3-8,10-11H,2,9,12,14H2,1H3,(H,22,23). The number of nitriles is 1. The summed E-state index contributed by atoms with van der Waals surface area (Å²) in [4.78, 5) is 23.7. The van der Waals surface area contributed by atoms with Gasteiger partial charge in [-0.1, -0.05) is 18.2 Å². The largest absolute Gasteiger partial charge is 0.494 e. The number of hydrogen-bond acceptors (Lipinski definition) is 5. The number of anilines is 1. The first-order valence-corrected chi connectivity index (χ1v) is 8.28. The highest BCUT2D eigenvalue weighted by Crippen LogP contribution is 2.19. The number of rotatable bonds is 8. The molecule has 0 heterocycles. The van der Waals surface area contributed by atoms with Crippen LogP contribution in [0.1, 0.15) is 24.5 Å². The predicted molar refractivity (Wildman–Crippen MR) is 96.7 cm³/mol. The van der Waals surface area contributed by atoms with E-state index in [9.17, 15) is 9.59 Å². The number of para-hydroxylation sites is 1. The number of carbonyl (C=O) groups is 2. The number of nitrogens with one attached hydrogen (secondary N) is 1. The summed E-state index contributed by atoms with van der Waals surface area (Å²) in [5.74, 6) is -0.134. The number of hydrogen-bond donors (Lipinski definition) is 1. The third kappa shape index (κ3) is 5.95. The highest BCUT2D eigenvalue weighted by Gasteiger charge is 2.10. The minimum Gasteiger partial charge on any atom is -0.494 e. The molecule has 0 radical (unpaired) electrons. The van der Waals surface area contributed by atoms with E-state index in [1.165, 1.54) is 0 Å². The average Bonchev–Trinajstić information content (AvgIpc) is 2.66. The number of ether oxygens (including phenoxy) is 2. The number of carbonyl (C=O) groups excluding carboxylic acids is 2. The molecular formula is C20H20N2O4. The molecule has 0 fully saturated rings. The molecule has 2 aromatic rings. The van der Waals surface area contributed by atoms with Crippen LogP contribution in [0.3, 0.4) is 0 Å². The van der Waals surface area contributed by atoms with Gasteiger partial charge in [0.25, 0.3) is 5.91 Å². The van der Waals surface area contributed by atoms with E-state index in [2.05, 4.69) is 5.32 Å². The third-order valence-electron chi connectivity index (χ3n) is 3.53. The van der Waals surface area contributed by atoms with Gasteiger partial charge in [-0.2, -0.15) is 5.26 Å². The molecule has 6 heteroatoms. The Hall–Kier alpha value is -3.33. The summed E-state index contributed by atoms with van der Waals surface area (Å²) in [5, 5.41) is 11.3. The zero-order valence-electron chi connectivity index (χ0n) is 14.5. The Morgan fingerprint density at radius 3 is 2.54 bits per heavy atom. The number of aryl methyl sites for hydroxylation is 1. The first-order valence-electron chi connectivity index (χ1n) is 8.28. The van der Waals surface area contributed by atoms with Crippen molar-refractivity contribution in [2.24, 2.45) is 0 Å². The smallest absolute Gasteiger partial charge is 0.306 e. The molecule has 0 unspecified atom stereocenters. The number of amides is 1. The normalized spacial score (nSPS) is 9.85. The first kappa shape index (κ1) is 19.0. The topological polar surface area (TPSA) is 88.4 Å². The van der Waals surface area contributed by atoms with Crippen LogP contribution in [0.4, 0.5) is 5.69 Å². The molecule has 2 aromatic carbocycles. The molecule has 0 aliphatic carbocycles. The Balaban J connectivity index is 1.76. The molecule has 2 rings (SSSR count). The Bertz CT molecular complexity index is 794. The number of esters is 1. The van der Waals surface area contributed by atoms with Crippen molar-refractivity contribution < 1.29 is 19.1 Å². The summed E-state index contributed by atoms with van der Waals surface area (Å²) in [7, 11) is 0. The van der Waals surface area contributed by atoms with Crippen molar-refractivity contribution in [2.45, 2.75) is 19.8 Å². The predicted octanol–water partition coefficient (Wildman–Crippen LogP) is 3.07. The molecule has 0 spiro atoms. The highest BCUT2D eigenvalue weighted by molar-refractivity contribution is 5.92. The molecule has 1 N–H and O–H groups in total. The quantitative estimate of drug-likeness (QED) is 0.738. The first-order chi connectivity index (χ1) is 12.6. The molecule has 0 atom stereocenters. The number of nitrogens with zero attached hydrogens (tertiary/aromatic N) is 1. The Labute approximate surface area is 152 Å². The van der Waals surface area contributed by atoms with Gasteiger partial charge in [-0.25, -0.2) is 0 Å². The second-order valence-electron chi connectivity index (χ2n) is 5.44. The van der Waals surface area contributed by atoms with E-state index in [-0.39, 0.29) is 13.0 Å². The fraction of sp³-hybridized carbons (Fsp3) is 0.250. The van der Waals surface area contributed by atoms with Crippen molar-refractivity contribution in [3.8, 4) is 11.8 Å². The van der Waals surface area contributed by atoms with E-state index >= 15 is 0 Å². The van der Waals surface area contributed by atoms with Crippen LogP contribution in [0.2, 0.25) is 0 Å². The molecule has 1 amide bonds. The Morgan fingerprint density at radius 2 is 1.85 bits per heavy atom. The summed E-state index contributed by atoms with van der Waals surface area (Å²) in [5.41, 5.74) is 1.96. The monoisotopic (exact) mass is 352 g/mol. The SMILES string of the molecule is CCOc1ccccc1CCC(=O)OCC(=O)Nc1ccc(C#N)cc1. The highest BCUT2D eigenvalue weighted by atomic mass is 16.5. The fourth-order valence-electron chi connectivity index (χ4n) is 2.29. The number of benzene rings is 2. The van der Waals surface area contributed by atoms with Crippen LogP contribution in [0.15, 0.2) is 48.5 Å². The summed E-state index contributed by atoms with van der Waals surface area (Å²) in [6, 6.07) is 15.9. The van der Waals surface area contributed by atoms with Gasteiger partial charge in [0.1, 0.15) is 5.75 Å². The molecule has 0 aromatic heterocycles. The van der Waals surface area contributed by atoms with Crippen LogP contribution in [0.5, 0.6) is 5.75 Å². The Morgan fingerprint density at radius 1 is 1.12 bits per heavy atom. The maximum Gasteiger partial charge on any atom is 0.306 e. The summed E-state index contributed by atoms with van der Waals surface area (Å²) in [6.07, 6.45) is 0.639. The fourth-order valence-corrected chi connectivity index (χ4v) is 2.29. The van der Waals surface area contributed by atoms with E-state index < -0.39 is 11.9 Å². The molecule has 0 saturated heterocycles. The van der Waals surface area contributed by atoms with Gasteiger partial charge in [0.15, 0.2) is 6.61 Å². The van der Waals surface area contributed by atoms with Crippen molar-refractivity contribution in [1.82, 2.24) is 0 Å². The molecular weight excluding hydrogens is 332 g/mol. The second-order valence-corrected chi connectivity index (χ2v) is 5.44. The van der Waals surface area contributed by atoms with Crippen molar-refractivity contribution >= 4 is 17.6 Å². The third-order valence-corrected chi connectivity index (χ3v) is 3.53. The van der Waals surface area contributed by atoms with Crippen LogP contribution in [-0.4, -0.2) is 25.1 Å². The summed E-state index contributed by atoms with van der Waals surface area (Å²) in [6.45, 7) is 2.10. The Kier molecular flexibility index (Phi) is 7.19. The van der Waals surface area contributed by atoms with Gasteiger partial charge < -0.3 is 14.8 Å². The lowest BCUT2D eigenvalue weighted by atomic mass is 10.1. The molecule has 6 nitrogen and oxygen atoms in total. The zero-order chi connectivity index (χ0) is 18.8. The second kappa shape index (κ2) is 9.84. The minimum atomic E-state index is -0.453. The maximum atomic E-state index is 11.8. The van der Waals surface area contributed by atoms with Crippen molar-refractivity contribution in [3.05, 3.63) is 59.7 Å². The van der Waals surface area contributed by atoms with Gasteiger partial charge >= 0.3 is 5.97 Å². The van der Waals surface area contributed by atoms with E-state index in [4.69, 9.17) is 14.7 Å². The molecule has 0 aliphatic rings. The minimum absolute atomic E-state index is 0.161. The molecule has 0 saturated carbocycles. The van der Waals surface area contributed by atoms with Crippen LogP contribution >= 0.6 is 0 Å². The van der Waals surface area contributed by atoms with Crippen molar-refractivity contribution in [2.75, 3.05) is 18.5 Å². The van der Waals surface area contributed by atoms with E-state index in [0.717, 1.165) is 11.3 Å². The average molecular weight is 352 g/mol.